The SMILES string of the molecule is COc1ccc(Nc2nc(C(=O)N3CCN(c4cccc(C(F)(F)F)c4)CC3)cs2)cc1OC. The second-order valence-corrected chi connectivity index (χ2v) is 8.42. The van der Waals surface area contributed by atoms with Crippen molar-refractivity contribution in [3.63, 3.8) is 0 Å². The first-order valence-electron chi connectivity index (χ1n) is 10.4. The maximum atomic E-state index is 13.0. The monoisotopic (exact) mass is 492 g/mol. The molecule has 1 aliphatic rings. The normalized spacial score (nSPS) is 14.1. The summed E-state index contributed by atoms with van der Waals surface area (Å²) in [4.78, 5) is 20.8. The smallest absolute Gasteiger partial charge is 0.416 e. The molecule has 0 saturated carbocycles. The van der Waals surface area contributed by atoms with Gasteiger partial charge >= 0.3 is 6.18 Å². The quantitative estimate of drug-likeness (QED) is 0.529. The molecule has 2 heterocycles. The number of anilines is 3. The van der Waals surface area contributed by atoms with Crippen molar-refractivity contribution in [3.05, 3.63) is 59.1 Å². The van der Waals surface area contributed by atoms with E-state index in [-0.39, 0.29) is 5.91 Å². The number of methoxy groups -OCH3 is 2. The van der Waals surface area contributed by atoms with E-state index in [0.29, 0.717) is 54.2 Å². The van der Waals surface area contributed by atoms with Crippen molar-refractivity contribution in [2.24, 2.45) is 0 Å². The molecule has 1 aromatic heterocycles. The summed E-state index contributed by atoms with van der Waals surface area (Å²) in [6.07, 6.45) is -4.39. The number of amides is 1. The minimum Gasteiger partial charge on any atom is -0.493 e. The molecule has 0 atom stereocenters. The fraction of sp³-hybridized carbons (Fsp3) is 0.304. The number of carbonyl (C=O) groups excluding carboxylic acids is 1. The maximum absolute atomic E-state index is 13.0. The number of ether oxygens (including phenoxy) is 2. The van der Waals surface area contributed by atoms with Gasteiger partial charge in [0.15, 0.2) is 16.6 Å². The molecule has 1 aliphatic heterocycles. The van der Waals surface area contributed by atoms with Crippen molar-refractivity contribution >= 4 is 33.8 Å². The second kappa shape index (κ2) is 9.80. The van der Waals surface area contributed by atoms with E-state index in [0.717, 1.165) is 17.8 Å². The first kappa shape index (κ1) is 23.7. The third kappa shape index (κ3) is 5.19. The van der Waals surface area contributed by atoms with Gasteiger partial charge in [-0.3, -0.25) is 4.79 Å². The summed E-state index contributed by atoms with van der Waals surface area (Å²) in [6, 6.07) is 10.6. The topological polar surface area (TPSA) is 66.9 Å². The van der Waals surface area contributed by atoms with Crippen LogP contribution in [0, 0.1) is 0 Å². The van der Waals surface area contributed by atoms with Crippen molar-refractivity contribution in [1.82, 2.24) is 9.88 Å². The Morgan fingerprint density at radius 3 is 2.44 bits per heavy atom. The highest BCUT2D eigenvalue weighted by molar-refractivity contribution is 7.14. The minimum atomic E-state index is -4.39. The summed E-state index contributed by atoms with van der Waals surface area (Å²) in [5, 5.41) is 5.39. The zero-order valence-corrected chi connectivity index (χ0v) is 19.4. The number of rotatable bonds is 6. The van der Waals surface area contributed by atoms with E-state index >= 15 is 0 Å². The maximum Gasteiger partial charge on any atom is 0.416 e. The predicted octanol–water partition coefficient (Wildman–Crippen LogP) is 4.89. The van der Waals surface area contributed by atoms with E-state index in [9.17, 15) is 18.0 Å². The lowest BCUT2D eigenvalue weighted by molar-refractivity contribution is -0.137. The van der Waals surface area contributed by atoms with Crippen molar-refractivity contribution in [2.45, 2.75) is 6.18 Å². The summed E-state index contributed by atoms with van der Waals surface area (Å²) in [5.41, 5.74) is 0.874. The van der Waals surface area contributed by atoms with Crippen LogP contribution >= 0.6 is 11.3 Å². The van der Waals surface area contributed by atoms with Gasteiger partial charge in [-0.15, -0.1) is 11.3 Å². The predicted molar refractivity (Wildman–Crippen MR) is 125 cm³/mol. The van der Waals surface area contributed by atoms with Crippen molar-refractivity contribution in [2.75, 3.05) is 50.6 Å². The molecular weight excluding hydrogens is 469 g/mol. The number of halogens is 3. The van der Waals surface area contributed by atoms with Gasteiger partial charge in [0.2, 0.25) is 0 Å². The molecule has 7 nitrogen and oxygen atoms in total. The average molecular weight is 493 g/mol. The molecule has 180 valence electrons. The van der Waals surface area contributed by atoms with E-state index in [1.165, 1.54) is 17.4 Å². The number of hydrogen-bond acceptors (Lipinski definition) is 7. The van der Waals surface area contributed by atoms with Gasteiger partial charge in [-0.05, 0) is 30.3 Å². The van der Waals surface area contributed by atoms with Gasteiger partial charge in [-0.25, -0.2) is 4.98 Å². The zero-order valence-electron chi connectivity index (χ0n) is 18.6. The van der Waals surface area contributed by atoms with E-state index in [4.69, 9.17) is 9.47 Å². The van der Waals surface area contributed by atoms with Gasteiger partial charge < -0.3 is 24.6 Å². The highest BCUT2D eigenvalue weighted by Gasteiger charge is 2.31. The van der Waals surface area contributed by atoms with Crippen molar-refractivity contribution in [1.29, 1.82) is 0 Å². The molecule has 1 saturated heterocycles. The Labute approximate surface area is 198 Å². The van der Waals surface area contributed by atoms with E-state index < -0.39 is 11.7 Å². The Morgan fingerprint density at radius 2 is 1.76 bits per heavy atom. The van der Waals surface area contributed by atoms with E-state index in [2.05, 4.69) is 10.3 Å². The molecule has 34 heavy (non-hydrogen) atoms. The minimum absolute atomic E-state index is 0.208. The lowest BCUT2D eigenvalue weighted by atomic mass is 10.1. The number of alkyl halides is 3. The third-order valence-electron chi connectivity index (χ3n) is 5.46. The van der Waals surface area contributed by atoms with Crippen LogP contribution in [0.2, 0.25) is 0 Å². The summed E-state index contributed by atoms with van der Waals surface area (Å²) in [7, 11) is 3.11. The molecule has 1 amide bonds. The lowest BCUT2D eigenvalue weighted by Gasteiger charge is -2.36. The highest BCUT2D eigenvalue weighted by Crippen LogP contribution is 2.33. The molecule has 0 bridgehead atoms. The first-order chi connectivity index (χ1) is 16.3. The van der Waals surface area contributed by atoms with Crippen LogP contribution in [0.1, 0.15) is 16.1 Å². The molecule has 0 spiro atoms. The largest absolute Gasteiger partial charge is 0.493 e. The number of carbonyl (C=O) groups is 1. The summed E-state index contributed by atoms with van der Waals surface area (Å²) >= 11 is 1.30. The second-order valence-electron chi connectivity index (χ2n) is 7.56. The average Bonchev–Trinajstić information content (AvgIpc) is 3.31. The third-order valence-corrected chi connectivity index (χ3v) is 6.22. The van der Waals surface area contributed by atoms with Crippen LogP contribution in [0.5, 0.6) is 11.5 Å². The van der Waals surface area contributed by atoms with Crippen LogP contribution in [0.4, 0.5) is 29.7 Å². The van der Waals surface area contributed by atoms with Crippen LogP contribution in [-0.4, -0.2) is 56.2 Å². The number of hydrogen-bond donors (Lipinski definition) is 1. The van der Waals surface area contributed by atoms with Gasteiger partial charge in [-0.1, -0.05) is 6.07 Å². The Morgan fingerprint density at radius 1 is 1.03 bits per heavy atom. The molecule has 4 rings (SSSR count). The number of piperazine rings is 1. The van der Waals surface area contributed by atoms with Crippen LogP contribution in [-0.2, 0) is 6.18 Å². The molecular formula is C23H23F3N4O3S. The van der Waals surface area contributed by atoms with Gasteiger partial charge in [0.05, 0.1) is 19.8 Å². The van der Waals surface area contributed by atoms with Crippen LogP contribution in [0.25, 0.3) is 0 Å². The molecule has 1 fully saturated rings. The van der Waals surface area contributed by atoms with Crippen molar-refractivity contribution in [3.8, 4) is 11.5 Å². The fourth-order valence-corrected chi connectivity index (χ4v) is 4.38. The first-order valence-corrected chi connectivity index (χ1v) is 11.3. The molecule has 0 aliphatic carbocycles. The molecule has 0 radical (unpaired) electrons. The Kier molecular flexibility index (Phi) is 6.82. The molecule has 11 heteroatoms. The zero-order chi connectivity index (χ0) is 24.3. The lowest BCUT2D eigenvalue weighted by Crippen LogP contribution is -2.48. The molecule has 1 N–H and O–H groups in total. The van der Waals surface area contributed by atoms with Crippen LogP contribution < -0.4 is 19.7 Å². The van der Waals surface area contributed by atoms with Gasteiger partial charge in [0.25, 0.3) is 5.91 Å². The number of aromatic nitrogens is 1. The number of thiazole rings is 1. The van der Waals surface area contributed by atoms with Gasteiger partial charge in [0.1, 0.15) is 5.69 Å². The molecule has 2 aromatic carbocycles. The Balaban J connectivity index is 1.37. The van der Waals surface area contributed by atoms with Gasteiger partial charge in [-0.2, -0.15) is 13.2 Å². The Hall–Kier alpha value is -3.47. The number of benzene rings is 2. The summed E-state index contributed by atoms with van der Waals surface area (Å²) in [6.45, 7) is 1.66. The summed E-state index contributed by atoms with van der Waals surface area (Å²) < 4.78 is 49.6. The van der Waals surface area contributed by atoms with Crippen LogP contribution in [0.3, 0.4) is 0 Å². The fourth-order valence-electron chi connectivity index (χ4n) is 3.68. The van der Waals surface area contributed by atoms with E-state index in [1.807, 2.05) is 11.0 Å². The highest BCUT2D eigenvalue weighted by atomic mass is 32.1. The molecule has 0 unspecified atom stereocenters. The summed E-state index contributed by atoms with van der Waals surface area (Å²) in [5.74, 6) is 0.964. The molecule has 3 aromatic rings. The number of nitrogens with zero attached hydrogens (tertiary/aromatic N) is 3. The Bertz CT molecular complexity index is 1160. The van der Waals surface area contributed by atoms with E-state index in [1.54, 1.807) is 42.7 Å². The van der Waals surface area contributed by atoms with Crippen molar-refractivity contribution < 1.29 is 27.4 Å². The number of nitrogens with one attached hydrogen (secondary N) is 1. The van der Waals surface area contributed by atoms with Gasteiger partial charge in [0, 0.05) is 49.0 Å². The standard InChI is InChI=1S/C23H23F3N4O3S/c1-32-19-7-6-16(13-20(19)33-2)27-22-28-18(14-34-22)21(31)30-10-8-29(9-11-30)17-5-3-4-15(12-17)23(24,25)26/h3-7,12-14H,8-11H2,1-2H3,(H,27,28). The van der Waals surface area contributed by atoms with Crippen LogP contribution in [0.15, 0.2) is 47.8 Å².